The number of anilines is 3. The number of nitrogens with one attached hydrogen (secondary N) is 1. The van der Waals surface area contributed by atoms with Crippen LogP contribution in [0.25, 0.3) is 0 Å². The van der Waals surface area contributed by atoms with Crippen LogP contribution in [-0.2, 0) is 17.5 Å². The van der Waals surface area contributed by atoms with Gasteiger partial charge in [0.15, 0.2) is 0 Å². The van der Waals surface area contributed by atoms with Crippen LogP contribution in [0.5, 0.6) is 0 Å². The van der Waals surface area contributed by atoms with Crippen molar-refractivity contribution in [1.29, 1.82) is 5.26 Å². The molecule has 12 heteroatoms. The number of nitrogens with zero attached hydrogens (tertiary/aromatic N) is 3. The van der Waals surface area contributed by atoms with Gasteiger partial charge >= 0.3 is 12.2 Å². The third kappa shape index (κ3) is 4.99. The van der Waals surface area contributed by atoms with Crippen molar-refractivity contribution < 1.29 is 27.2 Å². The number of benzene rings is 3. The number of hydrogen-bond donors (Lipinski definition) is 1. The minimum absolute atomic E-state index is 0.186. The number of halogens is 6. The number of hydrogen-bond acceptors (Lipinski definition) is 4. The van der Waals surface area contributed by atoms with Crippen molar-refractivity contribution >= 4 is 52.2 Å². The van der Waals surface area contributed by atoms with Gasteiger partial charge in [-0.05, 0) is 74.0 Å². The SMILES string of the molecule is CC1(C)C(=O)N(c2ccc(C#N)c(C(F)(F)F)c2)C(=O)N1Cc1cc(Cl)cc(Cl)c1Nc1ccc(F)cc1. The summed E-state index contributed by atoms with van der Waals surface area (Å²) in [6.45, 7) is 2.72. The van der Waals surface area contributed by atoms with Crippen LogP contribution < -0.4 is 10.2 Å². The maximum Gasteiger partial charge on any atom is 0.417 e. The molecule has 3 amide bonds. The van der Waals surface area contributed by atoms with Crippen molar-refractivity contribution in [2.75, 3.05) is 10.2 Å². The highest BCUT2D eigenvalue weighted by Crippen LogP contribution is 2.40. The molecule has 0 aromatic heterocycles. The van der Waals surface area contributed by atoms with E-state index in [4.69, 9.17) is 28.5 Å². The van der Waals surface area contributed by atoms with E-state index >= 15 is 0 Å². The molecule has 1 fully saturated rings. The lowest BCUT2D eigenvalue weighted by molar-refractivity contribution is -0.137. The first-order valence-corrected chi connectivity index (χ1v) is 11.8. The molecular weight excluding hydrogens is 547 g/mol. The van der Waals surface area contributed by atoms with Crippen molar-refractivity contribution in [3.8, 4) is 6.07 Å². The summed E-state index contributed by atoms with van der Waals surface area (Å²) < 4.78 is 53.9. The van der Waals surface area contributed by atoms with Crippen molar-refractivity contribution in [3.05, 3.63) is 87.2 Å². The first kappa shape index (κ1) is 27.2. The Bertz CT molecular complexity index is 1480. The highest BCUT2D eigenvalue weighted by Gasteiger charge is 2.52. The normalized spacial score (nSPS) is 15.1. The molecule has 1 aliphatic heterocycles. The topological polar surface area (TPSA) is 76.4 Å². The van der Waals surface area contributed by atoms with E-state index in [0.717, 1.165) is 12.1 Å². The molecule has 0 bridgehead atoms. The molecule has 3 aromatic carbocycles. The van der Waals surface area contributed by atoms with Gasteiger partial charge in [0, 0.05) is 10.7 Å². The van der Waals surface area contributed by atoms with Gasteiger partial charge in [0.25, 0.3) is 5.91 Å². The van der Waals surface area contributed by atoms with E-state index in [-0.39, 0.29) is 22.3 Å². The minimum Gasteiger partial charge on any atom is -0.354 e. The summed E-state index contributed by atoms with van der Waals surface area (Å²) in [5, 5.41) is 12.5. The van der Waals surface area contributed by atoms with Crippen LogP contribution in [0.15, 0.2) is 54.6 Å². The quantitative estimate of drug-likeness (QED) is 0.257. The average molecular weight is 565 g/mol. The number of rotatable bonds is 5. The third-order valence-corrected chi connectivity index (χ3v) is 6.61. The van der Waals surface area contributed by atoms with Crippen LogP contribution >= 0.6 is 23.2 Å². The molecule has 0 spiro atoms. The summed E-state index contributed by atoms with van der Waals surface area (Å²) in [6.07, 6.45) is -4.87. The largest absolute Gasteiger partial charge is 0.417 e. The molecule has 0 unspecified atom stereocenters. The summed E-state index contributed by atoms with van der Waals surface area (Å²) >= 11 is 12.6. The van der Waals surface area contributed by atoms with E-state index < -0.39 is 40.6 Å². The summed E-state index contributed by atoms with van der Waals surface area (Å²) in [4.78, 5) is 28.6. The number of amides is 3. The summed E-state index contributed by atoms with van der Waals surface area (Å²) in [6, 6.07) is 11.6. The summed E-state index contributed by atoms with van der Waals surface area (Å²) in [5.41, 5.74) is -2.46. The van der Waals surface area contributed by atoms with Crippen LogP contribution in [0.1, 0.15) is 30.5 Å². The van der Waals surface area contributed by atoms with Crippen molar-refractivity contribution in [3.63, 3.8) is 0 Å². The second kappa shape index (κ2) is 9.82. The van der Waals surface area contributed by atoms with Crippen molar-refractivity contribution in [1.82, 2.24) is 4.90 Å². The Morgan fingerprint density at radius 1 is 1.03 bits per heavy atom. The van der Waals surface area contributed by atoms with E-state index in [1.165, 1.54) is 61.2 Å². The second-order valence-corrected chi connectivity index (χ2v) is 9.81. The van der Waals surface area contributed by atoms with E-state index in [2.05, 4.69) is 5.32 Å². The lowest BCUT2D eigenvalue weighted by Crippen LogP contribution is -2.43. The van der Waals surface area contributed by atoms with Gasteiger partial charge in [-0.3, -0.25) is 4.79 Å². The Kier molecular flexibility index (Phi) is 7.03. The number of imide groups is 1. The first-order valence-electron chi connectivity index (χ1n) is 11.0. The standard InChI is InChI=1S/C26H18Cl2F4N4O2/c1-25(2)23(37)36(19-8-3-14(12-33)20(11-19)26(30,31)32)24(38)35(25)13-15-9-16(27)10-21(28)22(15)34-18-6-4-17(29)5-7-18/h3-11,34H,13H2,1-2H3. The first-order chi connectivity index (χ1) is 17.7. The number of urea groups is 1. The molecule has 1 N–H and O–H groups in total. The Morgan fingerprint density at radius 3 is 2.29 bits per heavy atom. The fourth-order valence-electron chi connectivity index (χ4n) is 4.07. The summed E-state index contributed by atoms with van der Waals surface area (Å²) in [7, 11) is 0. The second-order valence-electron chi connectivity index (χ2n) is 8.96. The van der Waals surface area contributed by atoms with Crippen molar-refractivity contribution in [2.45, 2.75) is 32.1 Å². The van der Waals surface area contributed by atoms with Crippen LogP contribution in [0.3, 0.4) is 0 Å². The van der Waals surface area contributed by atoms with Crippen LogP contribution in [-0.4, -0.2) is 22.4 Å². The molecule has 0 saturated carbocycles. The number of carbonyl (C=O) groups is 2. The zero-order valence-corrected chi connectivity index (χ0v) is 21.3. The van der Waals surface area contributed by atoms with Gasteiger partial charge in [-0.1, -0.05) is 23.2 Å². The molecular formula is C26H18Cl2F4N4O2. The van der Waals surface area contributed by atoms with Gasteiger partial charge in [-0.2, -0.15) is 18.4 Å². The lowest BCUT2D eigenvalue weighted by atomic mass is 10.0. The zero-order valence-electron chi connectivity index (χ0n) is 19.8. The highest BCUT2D eigenvalue weighted by atomic mass is 35.5. The van der Waals surface area contributed by atoms with Gasteiger partial charge < -0.3 is 10.2 Å². The average Bonchev–Trinajstić information content (AvgIpc) is 3.00. The Balaban J connectivity index is 1.73. The van der Waals surface area contributed by atoms with Gasteiger partial charge in [0.2, 0.25) is 0 Å². The molecule has 0 atom stereocenters. The van der Waals surface area contributed by atoms with E-state index in [1.54, 1.807) is 0 Å². The van der Waals surface area contributed by atoms with Gasteiger partial charge in [-0.15, -0.1) is 0 Å². The molecule has 1 saturated heterocycles. The molecule has 1 heterocycles. The van der Waals surface area contributed by atoms with E-state index in [0.29, 0.717) is 27.9 Å². The lowest BCUT2D eigenvalue weighted by Gasteiger charge is -2.29. The fraction of sp³-hybridized carbons (Fsp3) is 0.192. The van der Waals surface area contributed by atoms with E-state index in [1.807, 2.05) is 0 Å². The summed E-state index contributed by atoms with van der Waals surface area (Å²) in [5.74, 6) is -1.21. The van der Waals surface area contributed by atoms with E-state index in [9.17, 15) is 27.2 Å². The maximum absolute atomic E-state index is 13.5. The monoisotopic (exact) mass is 564 g/mol. The fourth-order valence-corrected chi connectivity index (χ4v) is 4.65. The zero-order chi connectivity index (χ0) is 28.0. The number of alkyl halides is 3. The molecule has 196 valence electrons. The minimum atomic E-state index is -4.87. The number of carbonyl (C=O) groups excluding carboxylic acids is 2. The predicted molar refractivity (Wildman–Crippen MR) is 135 cm³/mol. The predicted octanol–water partition coefficient (Wildman–Crippen LogP) is 7.51. The Morgan fingerprint density at radius 2 is 1.68 bits per heavy atom. The van der Waals surface area contributed by atoms with Crippen LogP contribution in [0, 0.1) is 17.1 Å². The molecule has 0 aliphatic carbocycles. The molecule has 4 rings (SSSR count). The Labute approximate surface area is 225 Å². The number of nitriles is 1. The maximum atomic E-state index is 13.5. The van der Waals surface area contributed by atoms with Gasteiger partial charge in [0.1, 0.15) is 11.4 Å². The molecule has 38 heavy (non-hydrogen) atoms. The Hall–Kier alpha value is -3.81. The molecule has 1 aliphatic rings. The van der Waals surface area contributed by atoms with Crippen LogP contribution in [0.4, 0.5) is 39.4 Å². The van der Waals surface area contributed by atoms with Gasteiger partial charge in [0.05, 0.1) is 40.1 Å². The third-order valence-electron chi connectivity index (χ3n) is 6.09. The molecule has 6 nitrogen and oxygen atoms in total. The molecule has 3 aromatic rings. The van der Waals surface area contributed by atoms with Crippen molar-refractivity contribution in [2.24, 2.45) is 0 Å². The van der Waals surface area contributed by atoms with Crippen LogP contribution in [0.2, 0.25) is 10.0 Å². The van der Waals surface area contributed by atoms with Gasteiger partial charge in [-0.25, -0.2) is 14.1 Å². The molecule has 0 radical (unpaired) electrons. The highest BCUT2D eigenvalue weighted by molar-refractivity contribution is 6.36. The smallest absolute Gasteiger partial charge is 0.354 e.